The molecular formula is C10H14N4O5. The minimum absolute atomic E-state index is 0.0330. The Kier molecular flexibility index (Phi) is 4.98. The molecule has 104 valence electrons. The van der Waals surface area contributed by atoms with Crippen molar-refractivity contribution in [1.82, 2.24) is 15.1 Å². The minimum Gasteiger partial charge on any atom is -0.481 e. The van der Waals surface area contributed by atoms with Gasteiger partial charge in [0.15, 0.2) is 0 Å². The molecule has 1 aromatic heterocycles. The SMILES string of the molecule is CC(CCC(=O)O)NC(=O)Cn1cc([N+](=O)[O-])cn1. The van der Waals surface area contributed by atoms with E-state index < -0.39 is 10.9 Å². The molecule has 1 amide bonds. The Morgan fingerprint density at radius 1 is 1.63 bits per heavy atom. The third kappa shape index (κ3) is 5.15. The Balaban J connectivity index is 2.41. The summed E-state index contributed by atoms with van der Waals surface area (Å²) in [6, 6.07) is -0.283. The molecule has 0 radical (unpaired) electrons. The Morgan fingerprint density at radius 2 is 2.32 bits per heavy atom. The summed E-state index contributed by atoms with van der Waals surface area (Å²) in [5.74, 6) is -1.31. The number of hydrogen-bond acceptors (Lipinski definition) is 5. The molecule has 1 heterocycles. The van der Waals surface area contributed by atoms with Crippen LogP contribution in [0.2, 0.25) is 0 Å². The smallest absolute Gasteiger partial charge is 0.307 e. The second-order valence-electron chi connectivity index (χ2n) is 4.05. The molecule has 1 unspecified atom stereocenters. The highest BCUT2D eigenvalue weighted by molar-refractivity contribution is 5.76. The first-order valence-electron chi connectivity index (χ1n) is 5.56. The molecule has 1 atom stereocenters. The van der Waals surface area contributed by atoms with Gasteiger partial charge < -0.3 is 10.4 Å². The van der Waals surface area contributed by atoms with Crippen molar-refractivity contribution in [2.75, 3.05) is 0 Å². The van der Waals surface area contributed by atoms with Crippen LogP contribution in [0.5, 0.6) is 0 Å². The summed E-state index contributed by atoms with van der Waals surface area (Å²) in [5.41, 5.74) is -0.188. The van der Waals surface area contributed by atoms with Crippen LogP contribution in [0.15, 0.2) is 12.4 Å². The van der Waals surface area contributed by atoms with Crippen molar-refractivity contribution in [2.24, 2.45) is 0 Å². The number of nitrogens with zero attached hydrogens (tertiary/aromatic N) is 3. The molecular weight excluding hydrogens is 256 g/mol. The van der Waals surface area contributed by atoms with Crippen LogP contribution in [0.1, 0.15) is 19.8 Å². The number of carboxylic acids is 1. The average Bonchev–Trinajstić information content (AvgIpc) is 2.74. The zero-order chi connectivity index (χ0) is 14.4. The minimum atomic E-state index is -0.927. The molecule has 9 nitrogen and oxygen atoms in total. The zero-order valence-electron chi connectivity index (χ0n) is 10.3. The normalized spacial score (nSPS) is 11.8. The summed E-state index contributed by atoms with van der Waals surface area (Å²) < 4.78 is 1.15. The van der Waals surface area contributed by atoms with Crippen LogP contribution in [0.25, 0.3) is 0 Å². The molecule has 2 N–H and O–H groups in total. The maximum atomic E-state index is 11.6. The molecule has 0 aliphatic heterocycles. The lowest BCUT2D eigenvalue weighted by Crippen LogP contribution is -2.35. The molecule has 0 aliphatic carbocycles. The van der Waals surface area contributed by atoms with Gasteiger partial charge in [-0.05, 0) is 13.3 Å². The van der Waals surface area contributed by atoms with E-state index in [1.54, 1.807) is 6.92 Å². The van der Waals surface area contributed by atoms with Crippen LogP contribution in [0.3, 0.4) is 0 Å². The maximum Gasteiger partial charge on any atom is 0.307 e. The van der Waals surface area contributed by atoms with Crippen molar-refractivity contribution in [2.45, 2.75) is 32.4 Å². The lowest BCUT2D eigenvalue weighted by atomic mass is 10.2. The quantitative estimate of drug-likeness (QED) is 0.536. The summed E-state index contributed by atoms with van der Waals surface area (Å²) in [6.07, 6.45) is 2.50. The summed E-state index contributed by atoms with van der Waals surface area (Å²) >= 11 is 0. The second-order valence-corrected chi connectivity index (χ2v) is 4.05. The highest BCUT2D eigenvalue weighted by atomic mass is 16.6. The number of aliphatic carboxylic acids is 1. The van der Waals surface area contributed by atoms with Crippen LogP contribution >= 0.6 is 0 Å². The van der Waals surface area contributed by atoms with Gasteiger partial charge in [-0.15, -0.1) is 0 Å². The fourth-order valence-corrected chi connectivity index (χ4v) is 1.41. The van der Waals surface area contributed by atoms with Gasteiger partial charge in [0, 0.05) is 12.5 Å². The van der Waals surface area contributed by atoms with Crippen LogP contribution in [-0.2, 0) is 16.1 Å². The fourth-order valence-electron chi connectivity index (χ4n) is 1.41. The number of nitro groups is 1. The van der Waals surface area contributed by atoms with Gasteiger partial charge in [-0.3, -0.25) is 24.4 Å². The van der Waals surface area contributed by atoms with E-state index in [9.17, 15) is 19.7 Å². The number of hydrogen-bond donors (Lipinski definition) is 2. The molecule has 0 fully saturated rings. The van der Waals surface area contributed by atoms with Crippen molar-refractivity contribution in [3.8, 4) is 0 Å². The first kappa shape index (κ1) is 14.6. The number of carbonyl (C=O) groups is 2. The lowest BCUT2D eigenvalue weighted by Gasteiger charge is -2.12. The van der Waals surface area contributed by atoms with Gasteiger partial charge in [0.25, 0.3) is 0 Å². The van der Waals surface area contributed by atoms with Gasteiger partial charge in [-0.2, -0.15) is 5.10 Å². The van der Waals surface area contributed by atoms with Crippen LogP contribution < -0.4 is 5.32 Å². The number of aromatic nitrogens is 2. The largest absolute Gasteiger partial charge is 0.481 e. The molecule has 0 saturated heterocycles. The van der Waals surface area contributed by atoms with Crippen LogP contribution in [0, 0.1) is 10.1 Å². The lowest BCUT2D eigenvalue weighted by molar-refractivity contribution is -0.385. The average molecular weight is 270 g/mol. The Hall–Kier alpha value is -2.45. The van der Waals surface area contributed by atoms with E-state index in [4.69, 9.17) is 5.11 Å². The van der Waals surface area contributed by atoms with Crippen molar-refractivity contribution in [3.63, 3.8) is 0 Å². The van der Waals surface area contributed by atoms with Gasteiger partial charge in [0.2, 0.25) is 5.91 Å². The standard InChI is InChI=1S/C10H14N4O5/c1-7(2-3-10(16)17)12-9(15)6-13-5-8(4-11-13)14(18)19/h4-5,7H,2-3,6H2,1H3,(H,12,15)(H,16,17). The van der Waals surface area contributed by atoms with Crippen molar-refractivity contribution < 1.29 is 19.6 Å². The zero-order valence-corrected chi connectivity index (χ0v) is 10.3. The Labute approximate surface area is 108 Å². The van der Waals surface area contributed by atoms with Gasteiger partial charge in [0.1, 0.15) is 18.9 Å². The molecule has 0 bridgehead atoms. The first-order valence-corrected chi connectivity index (χ1v) is 5.56. The van der Waals surface area contributed by atoms with E-state index in [2.05, 4.69) is 10.4 Å². The van der Waals surface area contributed by atoms with E-state index in [1.807, 2.05) is 0 Å². The molecule has 19 heavy (non-hydrogen) atoms. The van der Waals surface area contributed by atoms with E-state index in [0.29, 0.717) is 6.42 Å². The summed E-state index contributed by atoms with van der Waals surface area (Å²) in [5, 5.41) is 25.2. The number of rotatable bonds is 7. The third-order valence-electron chi connectivity index (χ3n) is 2.33. The Morgan fingerprint density at radius 3 is 2.84 bits per heavy atom. The van der Waals surface area contributed by atoms with E-state index in [1.165, 1.54) is 0 Å². The van der Waals surface area contributed by atoms with E-state index in [0.717, 1.165) is 17.1 Å². The number of nitrogens with one attached hydrogen (secondary N) is 1. The number of amides is 1. The summed E-state index contributed by atoms with van der Waals surface area (Å²) in [6.45, 7) is 1.54. The second kappa shape index (κ2) is 6.47. The number of carbonyl (C=O) groups excluding carboxylic acids is 1. The predicted octanol–water partition coefficient (Wildman–Crippen LogP) is 0.161. The van der Waals surface area contributed by atoms with E-state index in [-0.39, 0.29) is 30.6 Å². The molecule has 0 aromatic carbocycles. The summed E-state index contributed by atoms with van der Waals surface area (Å²) in [4.78, 5) is 31.7. The molecule has 1 rings (SSSR count). The van der Waals surface area contributed by atoms with Crippen LogP contribution in [0.4, 0.5) is 5.69 Å². The van der Waals surface area contributed by atoms with Gasteiger partial charge in [0.05, 0.1) is 4.92 Å². The van der Waals surface area contributed by atoms with Gasteiger partial charge in [-0.1, -0.05) is 0 Å². The molecule has 0 aliphatic rings. The summed E-state index contributed by atoms with van der Waals surface area (Å²) in [7, 11) is 0. The monoisotopic (exact) mass is 270 g/mol. The molecule has 9 heteroatoms. The third-order valence-corrected chi connectivity index (χ3v) is 2.33. The van der Waals surface area contributed by atoms with Crippen LogP contribution in [-0.4, -0.2) is 37.7 Å². The maximum absolute atomic E-state index is 11.6. The van der Waals surface area contributed by atoms with Crippen molar-refractivity contribution in [1.29, 1.82) is 0 Å². The highest BCUT2D eigenvalue weighted by Crippen LogP contribution is 2.07. The van der Waals surface area contributed by atoms with Crippen molar-refractivity contribution >= 4 is 17.6 Å². The fraction of sp³-hybridized carbons (Fsp3) is 0.500. The Bertz CT molecular complexity index is 484. The van der Waals surface area contributed by atoms with Crippen molar-refractivity contribution in [3.05, 3.63) is 22.5 Å². The molecule has 1 aromatic rings. The van der Waals surface area contributed by atoms with Gasteiger partial charge >= 0.3 is 11.7 Å². The first-order chi connectivity index (χ1) is 8.88. The number of carboxylic acid groups (broad SMARTS) is 1. The predicted molar refractivity (Wildman–Crippen MR) is 63.4 cm³/mol. The highest BCUT2D eigenvalue weighted by Gasteiger charge is 2.13. The topological polar surface area (TPSA) is 127 Å². The molecule has 0 saturated carbocycles. The van der Waals surface area contributed by atoms with E-state index >= 15 is 0 Å². The molecule has 0 spiro atoms. The van der Waals surface area contributed by atoms with Gasteiger partial charge in [-0.25, -0.2) is 0 Å².